The third-order valence-electron chi connectivity index (χ3n) is 4.51. The molecule has 21 heavy (non-hydrogen) atoms. The molecule has 0 spiro atoms. The lowest BCUT2D eigenvalue weighted by Gasteiger charge is -2.20. The van der Waals surface area contributed by atoms with E-state index in [9.17, 15) is 4.79 Å². The SMILES string of the molecule is COC(=O)Cc1cccc(N[C@H]2C[C@@H](C)N(C3CC3)C2)c1. The number of hydrogen-bond acceptors (Lipinski definition) is 4. The van der Waals surface area contributed by atoms with Gasteiger partial charge in [-0.15, -0.1) is 0 Å². The molecule has 114 valence electrons. The molecule has 1 saturated carbocycles. The van der Waals surface area contributed by atoms with E-state index < -0.39 is 0 Å². The number of methoxy groups -OCH3 is 1. The maximum atomic E-state index is 11.4. The van der Waals surface area contributed by atoms with E-state index in [1.807, 2.05) is 12.1 Å². The second-order valence-electron chi connectivity index (χ2n) is 6.31. The number of carbonyl (C=O) groups is 1. The minimum atomic E-state index is -0.193. The highest BCUT2D eigenvalue weighted by molar-refractivity contribution is 5.72. The molecule has 0 aromatic heterocycles. The zero-order chi connectivity index (χ0) is 14.8. The van der Waals surface area contributed by atoms with Gasteiger partial charge in [0, 0.05) is 30.4 Å². The first-order valence-corrected chi connectivity index (χ1v) is 7.83. The van der Waals surface area contributed by atoms with Gasteiger partial charge in [-0.25, -0.2) is 0 Å². The molecule has 2 fully saturated rings. The fraction of sp³-hybridized carbons (Fsp3) is 0.588. The molecule has 2 atom stereocenters. The monoisotopic (exact) mass is 288 g/mol. The van der Waals surface area contributed by atoms with Crippen LogP contribution in [0, 0.1) is 0 Å². The van der Waals surface area contributed by atoms with Crippen LogP contribution in [0.5, 0.6) is 0 Å². The number of likely N-dealkylation sites (tertiary alicyclic amines) is 1. The van der Waals surface area contributed by atoms with Crippen LogP contribution >= 0.6 is 0 Å². The number of benzene rings is 1. The summed E-state index contributed by atoms with van der Waals surface area (Å²) in [5.41, 5.74) is 2.10. The normalized spacial score (nSPS) is 25.8. The van der Waals surface area contributed by atoms with E-state index >= 15 is 0 Å². The molecule has 1 aliphatic heterocycles. The van der Waals surface area contributed by atoms with Crippen LogP contribution in [0.1, 0.15) is 31.7 Å². The predicted molar refractivity (Wildman–Crippen MR) is 83.4 cm³/mol. The van der Waals surface area contributed by atoms with E-state index in [0.717, 1.165) is 23.8 Å². The number of hydrogen-bond donors (Lipinski definition) is 1. The second kappa shape index (κ2) is 6.06. The predicted octanol–water partition coefficient (Wildman–Crippen LogP) is 2.44. The molecule has 1 saturated heterocycles. The van der Waals surface area contributed by atoms with Crippen LogP contribution in [-0.2, 0) is 16.0 Å². The summed E-state index contributed by atoms with van der Waals surface area (Å²) >= 11 is 0. The van der Waals surface area contributed by atoms with E-state index in [1.165, 1.54) is 26.4 Å². The third-order valence-corrected chi connectivity index (χ3v) is 4.51. The lowest BCUT2D eigenvalue weighted by Crippen LogP contribution is -2.31. The average molecular weight is 288 g/mol. The van der Waals surface area contributed by atoms with Gasteiger partial charge in [0.15, 0.2) is 0 Å². The second-order valence-corrected chi connectivity index (χ2v) is 6.31. The maximum Gasteiger partial charge on any atom is 0.309 e. The number of rotatable bonds is 5. The Bertz CT molecular complexity index is 513. The molecule has 1 aliphatic carbocycles. The Hall–Kier alpha value is -1.55. The van der Waals surface area contributed by atoms with Crippen molar-refractivity contribution >= 4 is 11.7 Å². The summed E-state index contributed by atoms with van der Waals surface area (Å²) in [4.78, 5) is 14.0. The van der Waals surface area contributed by atoms with Crippen molar-refractivity contribution in [2.24, 2.45) is 0 Å². The number of nitrogens with one attached hydrogen (secondary N) is 1. The zero-order valence-corrected chi connectivity index (χ0v) is 12.8. The molecule has 1 heterocycles. The molecular formula is C17H24N2O2. The quantitative estimate of drug-likeness (QED) is 0.845. The topological polar surface area (TPSA) is 41.6 Å². The van der Waals surface area contributed by atoms with Crippen LogP contribution < -0.4 is 5.32 Å². The number of anilines is 1. The van der Waals surface area contributed by atoms with E-state index in [4.69, 9.17) is 4.74 Å². The molecule has 0 radical (unpaired) electrons. The number of nitrogens with zero attached hydrogens (tertiary/aromatic N) is 1. The molecule has 4 heteroatoms. The van der Waals surface area contributed by atoms with Crippen LogP contribution in [0.15, 0.2) is 24.3 Å². The number of ether oxygens (including phenoxy) is 1. The highest BCUT2D eigenvalue weighted by atomic mass is 16.5. The molecule has 0 unspecified atom stereocenters. The van der Waals surface area contributed by atoms with Crippen LogP contribution in [-0.4, -0.2) is 42.6 Å². The van der Waals surface area contributed by atoms with Crippen LogP contribution in [0.25, 0.3) is 0 Å². The van der Waals surface area contributed by atoms with Crippen LogP contribution in [0.2, 0.25) is 0 Å². The van der Waals surface area contributed by atoms with E-state index in [0.29, 0.717) is 18.5 Å². The Kier molecular flexibility index (Phi) is 4.15. The lowest BCUT2D eigenvalue weighted by molar-refractivity contribution is -0.139. The summed E-state index contributed by atoms with van der Waals surface area (Å²) in [6, 6.07) is 10.1. The largest absolute Gasteiger partial charge is 0.469 e. The fourth-order valence-electron chi connectivity index (χ4n) is 3.32. The van der Waals surface area contributed by atoms with Crippen molar-refractivity contribution in [2.75, 3.05) is 19.0 Å². The lowest BCUT2D eigenvalue weighted by atomic mass is 10.1. The summed E-state index contributed by atoms with van der Waals surface area (Å²) in [6.07, 6.45) is 4.26. The molecule has 1 aromatic rings. The van der Waals surface area contributed by atoms with Gasteiger partial charge >= 0.3 is 5.97 Å². The van der Waals surface area contributed by atoms with Gasteiger partial charge in [-0.3, -0.25) is 9.69 Å². The van der Waals surface area contributed by atoms with Crippen LogP contribution in [0.3, 0.4) is 0 Å². The maximum absolute atomic E-state index is 11.4. The molecule has 2 aliphatic rings. The Morgan fingerprint density at radius 1 is 1.43 bits per heavy atom. The average Bonchev–Trinajstić information content (AvgIpc) is 3.24. The van der Waals surface area contributed by atoms with E-state index in [1.54, 1.807) is 0 Å². The third kappa shape index (κ3) is 3.56. The van der Waals surface area contributed by atoms with Gasteiger partial charge in [0.1, 0.15) is 0 Å². The Morgan fingerprint density at radius 3 is 2.95 bits per heavy atom. The summed E-state index contributed by atoms with van der Waals surface area (Å²) in [6.45, 7) is 3.46. The standard InChI is InChI=1S/C17H24N2O2/c1-12-8-15(11-19(12)16-6-7-16)18-14-5-3-4-13(9-14)10-17(20)21-2/h3-5,9,12,15-16,18H,6-8,10-11H2,1-2H3/t12-,15+/m1/s1. The van der Waals surface area contributed by atoms with Crippen molar-refractivity contribution in [2.45, 2.75) is 50.7 Å². The molecule has 0 bridgehead atoms. The van der Waals surface area contributed by atoms with Crippen molar-refractivity contribution in [1.82, 2.24) is 4.90 Å². The Morgan fingerprint density at radius 2 is 2.24 bits per heavy atom. The molecule has 4 nitrogen and oxygen atoms in total. The van der Waals surface area contributed by atoms with Gasteiger partial charge < -0.3 is 10.1 Å². The van der Waals surface area contributed by atoms with Gasteiger partial charge in [-0.1, -0.05) is 12.1 Å². The van der Waals surface area contributed by atoms with E-state index in [2.05, 4.69) is 29.3 Å². The minimum Gasteiger partial charge on any atom is -0.469 e. The first-order valence-electron chi connectivity index (χ1n) is 7.83. The summed E-state index contributed by atoms with van der Waals surface area (Å²) in [5, 5.41) is 3.62. The number of esters is 1. The Balaban J connectivity index is 1.60. The van der Waals surface area contributed by atoms with Gasteiger partial charge in [0.2, 0.25) is 0 Å². The number of carbonyl (C=O) groups excluding carboxylic acids is 1. The van der Waals surface area contributed by atoms with Crippen molar-refractivity contribution in [3.05, 3.63) is 29.8 Å². The van der Waals surface area contributed by atoms with Crippen molar-refractivity contribution in [3.63, 3.8) is 0 Å². The summed E-state index contributed by atoms with van der Waals surface area (Å²) in [7, 11) is 1.43. The first kappa shape index (κ1) is 14.4. The van der Waals surface area contributed by atoms with Crippen molar-refractivity contribution in [3.8, 4) is 0 Å². The molecule has 1 aromatic carbocycles. The Labute approximate surface area is 126 Å². The van der Waals surface area contributed by atoms with Crippen molar-refractivity contribution in [1.29, 1.82) is 0 Å². The molecular weight excluding hydrogens is 264 g/mol. The first-order chi connectivity index (χ1) is 10.2. The molecule has 3 rings (SSSR count). The summed E-state index contributed by atoms with van der Waals surface area (Å²) < 4.78 is 4.72. The van der Waals surface area contributed by atoms with Crippen LogP contribution in [0.4, 0.5) is 5.69 Å². The highest BCUT2D eigenvalue weighted by Gasteiger charge is 2.38. The van der Waals surface area contributed by atoms with Gasteiger partial charge in [-0.2, -0.15) is 0 Å². The zero-order valence-electron chi connectivity index (χ0n) is 12.8. The summed E-state index contributed by atoms with van der Waals surface area (Å²) in [5.74, 6) is -0.193. The van der Waals surface area contributed by atoms with Gasteiger partial charge in [0.25, 0.3) is 0 Å². The molecule has 0 amide bonds. The smallest absolute Gasteiger partial charge is 0.309 e. The van der Waals surface area contributed by atoms with Gasteiger partial charge in [-0.05, 0) is 43.9 Å². The fourth-order valence-corrected chi connectivity index (χ4v) is 3.32. The van der Waals surface area contributed by atoms with Crippen molar-refractivity contribution < 1.29 is 9.53 Å². The van der Waals surface area contributed by atoms with E-state index in [-0.39, 0.29) is 5.97 Å². The minimum absolute atomic E-state index is 0.193. The van der Waals surface area contributed by atoms with Gasteiger partial charge in [0.05, 0.1) is 13.5 Å². The molecule has 1 N–H and O–H groups in total. The highest BCUT2D eigenvalue weighted by Crippen LogP contribution is 2.34.